The van der Waals surface area contributed by atoms with Crippen LogP contribution in [0.5, 0.6) is 0 Å². The van der Waals surface area contributed by atoms with Crippen LogP contribution in [0.4, 0.5) is 5.82 Å². The third-order valence-electron chi connectivity index (χ3n) is 5.33. The molecule has 2 aliphatic rings. The lowest BCUT2D eigenvalue weighted by Crippen LogP contribution is -2.38. The van der Waals surface area contributed by atoms with Crippen LogP contribution in [0.15, 0.2) is 83.2 Å². The van der Waals surface area contributed by atoms with Gasteiger partial charge in [0, 0.05) is 28.4 Å². The van der Waals surface area contributed by atoms with E-state index in [4.69, 9.17) is 11.6 Å². The Balaban J connectivity index is 1.98. The van der Waals surface area contributed by atoms with Gasteiger partial charge in [-0.25, -0.2) is 0 Å². The molecule has 4 heteroatoms. The zero-order valence-corrected chi connectivity index (χ0v) is 15.5. The number of allylic oxidation sites excluding steroid dienone is 2. The van der Waals surface area contributed by atoms with Crippen LogP contribution in [0, 0.1) is 0 Å². The van der Waals surface area contributed by atoms with Crippen molar-refractivity contribution in [3.05, 3.63) is 105 Å². The molecule has 1 unspecified atom stereocenters. The molecule has 27 heavy (non-hydrogen) atoms. The average molecular weight is 373 g/mol. The first-order valence-electron chi connectivity index (χ1n) is 8.88. The number of nitrogens with zero attached hydrogens (tertiary/aromatic N) is 1. The molecule has 1 atom stereocenters. The summed E-state index contributed by atoms with van der Waals surface area (Å²) in [7, 11) is 2.01. The van der Waals surface area contributed by atoms with Crippen molar-refractivity contribution in [1.82, 2.24) is 4.98 Å². The van der Waals surface area contributed by atoms with E-state index < -0.39 is 0 Å². The van der Waals surface area contributed by atoms with Crippen LogP contribution in [-0.2, 0) is 0 Å². The molecule has 1 aliphatic heterocycles. The second kappa shape index (κ2) is 6.00. The van der Waals surface area contributed by atoms with E-state index >= 15 is 0 Å². The largest absolute Gasteiger partial charge is 0.350 e. The van der Waals surface area contributed by atoms with E-state index in [0.717, 1.165) is 27.9 Å². The van der Waals surface area contributed by atoms with Crippen molar-refractivity contribution in [1.29, 1.82) is 0 Å². The number of fused-ring (bicyclic) bond motifs is 4. The van der Waals surface area contributed by atoms with Gasteiger partial charge in [-0.1, -0.05) is 66.2 Å². The van der Waals surface area contributed by atoms with Crippen molar-refractivity contribution in [3.63, 3.8) is 0 Å². The van der Waals surface area contributed by atoms with Crippen molar-refractivity contribution in [2.45, 2.75) is 6.04 Å². The van der Waals surface area contributed by atoms with Crippen LogP contribution >= 0.6 is 11.6 Å². The van der Waals surface area contributed by atoms with Crippen LogP contribution in [-0.4, -0.2) is 18.1 Å². The molecule has 3 nitrogen and oxygen atoms in total. The lowest BCUT2D eigenvalue weighted by atomic mass is 9.82. The summed E-state index contributed by atoms with van der Waals surface area (Å²) in [5, 5.41) is 2.15. The first-order valence-corrected chi connectivity index (χ1v) is 9.26. The highest BCUT2D eigenvalue weighted by Gasteiger charge is 2.32. The van der Waals surface area contributed by atoms with Crippen LogP contribution in [0.3, 0.4) is 0 Å². The standard InChI is InChI=1S/C23H17ClN2O/c1-26-19-10-6-5-9-17(19)20(14-7-3-2-4-8-14)21-18-13-15(24)11-12-16(18)23(27)25-22(21)26/h2-13,19H,1H3,(H,25,27). The third kappa shape index (κ3) is 2.39. The highest BCUT2D eigenvalue weighted by Crippen LogP contribution is 2.44. The van der Waals surface area contributed by atoms with Gasteiger partial charge in [0.1, 0.15) is 5.82 Å². The number of aromatic amines is 1. The van der Waals surface area contributed by atoms with Crippen LogP contribution < -0.4 is 10.5 Å². The van der Waals surface area contributed by atoms with Crippen molar-refractivity contribution >= 4 is 33.8 Å². The smallest absolute Gasteiger partial charge is 0.257 e. The highest BCUT2D eigenvalue weighted by atomic mass is 35.5. The Morgan fingerprint density at radius 2 is 1.85 bits per heavy atom. The summed E-state index contributed by atoms with van der Waals surface area (Å²) >= 11 is 6.31. The average Bonchev–Trinajstić information content (AvgIpc) is 2.70. The minimum atomic E-state index is -0.0986. The van der Waals surface area contributed by atoms with Gasteiger partial charge in [0.2, 0.25) is 0 Å². The molecule has 0 saturated heterocycles. The number of rotatable bonds is 1. The zero-order chi connectivity index (χ0) is 18.5. The molecule has 132 valence electrons. The van der Waals surface area contributed by atoms with E-state index in [0.29, 0.717) is 10.4 Å². The number of benzene rings is 2. The molecule has 0 bridgehead atoms. The van der Waals surface area contributed by atoms with Gasteiger partial charge in [0.15, 0.2) is 0 Å². The van der Waals surface area contributed by atoms with E-state index in [-0.39, 0.29) is 11.6 Å². The van der Waals surface area contributed by atoms with Crippen LogP contribution in [0.25, 0.3) is 16.3 Å². The summed E-state index contributed by atoms with van der Waals surface area (Å²) in [6.45, 7) is 0. The van der Waals surface area contributed by atoms with Crippen molar-refractivity contribution < 1.29 is 0 Å². The molecule has 2 aromatic carbocycles. The summed E-state index contributed by atoms with van der Waals surface area (Å²) in [4.78, 5) is 18.0. The monoisotopic (exact) mass is 372 g/mol. The zero-order valence-electron chi connectivity index (χ0n) is 14.7. The molecule has 0 fully saturated rings. The molecule has 0 saturated carbocycles. The summed E-state index contributed by atoms with van der Waals surface area (Å²) in [6.07, 6.45) is 8.43. The van der Waals surface area contributed by atoms with Crippen molar-refractivity contribution in [3.8, 4) is 0 Å². The Kier molecular flexibility index (Phi) is 3.59. The number of hydrogen-bond acceptors (Lipinski definition) is 2. The first-order chi connectivity index (χ1) is 13.1. The molecule has 3 aromatic rings. The SMILES string of the molecule is CN1c2[nH]c(=O)c3ccc(Cl)cc3c2C(c2ccccc2)=C2C=CC=CC21. The molecule has 2 heterocycles. The molecule has 1 aromatic heterocycles. The van der Waals surface area contributed by atoms with E-state index in [1.54, 1.807) is 12.1 Å². The number of hydrogen-bond donors (Lipinski definition) is 1. The van der Waals surface area contributed by atoms with E-state index in [2.05, 4.69) is 40.2 Å². The fourth-order valence-corrected chi connectivity index (χ4v) is 4.28. The molecule has 5 rings (SSSR count). The quantitative estimate of drug-likeness (QED) is 0.657. The Hall–Kier alpha value is -3.04. The fraction of sp³-hybridized carbons (Fsp3) is 0.0870. The molecular formula is C23H17ClN2O. The third-order valence-corrected chi connectivity index (χ3v) is 5.57. The Labute approximate surface area is 161 Å². The Morgan fingerprint density at radius 1 is 1.04 bits per heavy atom. The van der Waals surface area contributed by atoms with E-state index in [9.17, 15) is 4.79 Å². The predicted octanol–water partition coefficient (Wildman–Crippen LogP) is 4.93. The maximum atomic E-state index is 12.7. The number of anilines is 1. The van der Waals surface area contributed by atoms with Gasteiger partial charge in [-0.2, -0.15) is 0 Å². The minimum absolute atomic E-state index is 0.0741. The summed E-state index contributed by atoms with van der Waals surface area (Å²) in [5.74, 6) is 0.822. The Bertz CT molecular complexity index is 1220. The number of halogens is 1. The number of H-pyrrole nitrogens is 1. The fourth-order valence-electron chi connectivity index (χ4n) is 4.10. The minimum Gasteiger partial charge on any atom is -0.350 e. The summed E-state index contributed by atoms with van der Waals surface area (Å²) < 4.78 is 0. The lowest BCUT2D eigenvalue weighted by Gasteiger charge is -2.38. The van der Waals surface area contributed by atoms with Gasteiger partial charge in [0.25, 0.3) is 5.56 Å². The maximum absolute atomic E-state index is 12.7. The van der Waals surface area contributed by atoms with E-state index in [1.165, 1.54) is 5.57 Å². The van der Waals surface area contributed by atoms with Gasteiger partial charge >= 0.3 is 0 Å². The normalized spacial score (nSPS) is 18.0. The summed E-state index contributed by atoms with van der Waals surface area (Å²) in [6, 6.07) is 15.9. The molecule has 1 N–H and O–H groups in total. The number of likely N-dealkylation sites (N-methyl/N-ethyl adjacent to an activating group) is 1. The van der Waals surface area contributed by atoms with Gasteiger partial charge in [-0.05, 0) is 34.9 Å². The number of aromatic nitrogens is 1. The topological polar surface area (TPSA) is 36.1 Å². The molecular weight excluding hydrogens is 356 g/mol. The summed E-state index contributed by atoms with van der Waals surface area (Å²) in [5.41, 5.74) is 4.40. The lowest BCUT2D eigenvalue weighted by molar-refractivity contribution is 0.827. The molecule has 0 spiro atoms. The predicted molar refractivity (Wildman–Crippen MR) is 113 cm³/mol. The van der Waals surface area contributed by atoms with Gasteiger partial charge in [0.05, 0.1) is 6.04 Å². The van der Waals surface area contributed by atoms with Gasteiger partial charge in [-0.15, -0.1) is 0 Å². The second-order valence-corrected chi connectivity index (χ2v) is 7.30. The highest BCUT2D eigenvalue weighted by molar-refractivity contribution is 6.31. The van der Waals surface area contributed by atoms with Crippen molar-refractivity contribution in [2.75, 3.05) is 11.9 Å². The van der Waals surface area contributed by atoms with Crippen LogP contribution in [0.2, 0.25) is 5.02 Å². The second-order valence-electron chi connectivity index (χ2n) is 6.86. The maximum Gasteiger partial charge on any atom is 0.257 e. The molecule has 0 amide bonds. The number of nitrogens with one attached hydrogen (secondary N) is 1. The molecule has 1 aliphatic carbocycles. The van der Waals surface area contributed by atoms with Gasteiger partial charge in [-0.3, -0.25) is 4.79 Å². The Morgan fingerprint density at radius 3 is 2.67 bits per heavy atom. The first kappa shape index (κ1) is 16.2. The van der Waals surface area contributed by atoms with Crippen LogP contribution in [0.1, 0.15) is 11.1 Å². The van der Waals surface area contributed by atoms with Gasteiger partial charge < -0.3 is 9.88 Å². The van der Waals surface area contributed by atoms with Crippen molar-refractivity contribution in [2.24, 2.45) is 0 Å². The number of pyridine rings is 1. The van der Waals surface area contributed by atoms with E-state index in [1.807, 2.05) is 37.4 Å². The molecule has 0 radical (unpaired) electrons.